The first-order valence-electron chi connectivity index (χ1n) is 9.14. The molecule has 3 fully saturated rings. The Labute approximate surface area is 155 Å². The summed E-state index contributed by atoms with van der Waals surface area (Å²) in [7, 11) is 0. The van der Waals surface area contributed by atoms with Crippen molar-refractivity contribution < 1.29 is 27.8 Å². The van der Waals surface area contributed by atoms with E-state index in [4.69, 9.17) is 9.47 Å². The van der Waals surface area contributed by atoms with Crippen LogP contribution in [0.4, 0.5) is 8.78 Å². The molecular formula is C18H21F2N3O4. The minimum absolute atomic E-state index is 0.0681. The fourth-order valence-corrected chi connectivity index (χ4v) is 3.71. The van der Waals surface area contributed by atoms with Gasteiger partial charge in [-0.15, -0.1) is 0 Å². The van der Waals surface area contributed by atoms with Gasteiger partial charge in [-0.3, -0.25) is 14.6 Å². The van der Waals surface area contributed by atoms with E-state index in [1.54, 1.807) is 4.90 Å². The number of hydrogen-bond acceptors (Lipinski definition) is 5. The molecule has 1 aromatic rings. The number of carbonyl (C=O) groups is 2. The zero-order valence-electron chi connectivity index (χ0n) is 14.6. The summed E-state index contributed by atoms with van der Waals surface area (Å²) < 4.78 is 35.4. The molecule has 1 aromatic heterocycles. The molecule has 1 N–H and O–H groups in total. The number of aromatic nitrogens is 1. The number of ether oxygens (including phenoxy) is 2. The Balaban J connectivity index is 1.54. The first kappa shape index (κ1) is 18.1. The van der Waals surface area contributed by atoms with Gasteiger partial charge in [0.05, 0.1) is 12.1 Å². The smallest absolute Gasteiger partial charge is 0.273 e. The topological polar surface area (TPSA) is 80.8 Å². The molecule has 0 unspecified atom stereocenters. The molecule has 0 aromatic carbocycles. The van der Waals surface area contributed by atoms with Gasteiger partial charge in [0, 0.05) is 31.3 Å². The van der Waals surface area contributed by atoms with Gasteiger partial charge in [0.15, 0.2) is 0 Å². The van der Waals surface area contributed by atoms with Crippen molar-refractivity contribution in [1.29, 1.82) is 0 Å². The number of alkyl halides is 2. The summed E-state index contributed by atoms with van der Waals surface area (Å²) in [6.07, 6.45) is 1.60. The molecule has 2 aliphatic heterocycles. The maximum Gasteiger partial charge on any atom is 0.273 e. The van der Waals surface area contributed by atoms with Crippen molar-refractivity contribution in [2.45, 2.75) is 56.3 Å². The summed E-state index contributed by atoms with van der Waals surface area (Å²) in [6, 6.07) is 2.16. The monoisotopic (exact) mass is 381 g/mol. The molecule has 2 saturated heterocycles. The number of nitrogens with zero attached hydrogens (tertiary/aromatic N) is 2. The molecule has 0 radical (unpaired) electrons. The lowest BCUT2D eigenvalue weighted by Gasteiger charge is -2.28. The van der Waals surface area contributed by atoms with Gasteiger partial charge in [0.2, 0.25) is 5.91 Å². The summed E-state index contributed by atoms with van der Waals surface area (Å²) in [4.78, 5) is 31.4. The largest absolute Gasteiger partial charge is 0.488 e. The average molecular weight is 381 g/mol. The number of likely N-dealkylation sites (tertiary alicyclic amines) is 1. The second kappa shape index (κ2) is 7.38. The van der Waals surface area contributed by atoms with Crippen LogP contribution >= 0.6 is 0 Å². The van der Waals surface area contributed by atoms with E-state index in [-0.39, 0.29) is 35.5 Å². The van der Waals surface area contributed by atoms with Crippen LogP contribution in [0.15, 0.2) is 18.3 Å². The minimum Gasteiger partial charge on any atom is -0.488 e. The van der Waals surface area contributed by atoms with Crippen molar-refractivity contribution in [3.63, 3.8) is 0 Å². The first-order valence-corrected chi connectivity index (χ1v) is 9.14. The predicted octanol–water partition coefficient (Wildman–Crippen LogP) is 1.38. The highest BCUT2D eigenvalue weighted by Gasteiger charge is 2.50. The van der Waals surface area contributed by atoms with Crippen LogP contribution in [0, 0.1) is 0 Å². The summed E-state index contributed by atoms with van der Waals surface area (Å²) in [5, 5.41) is 2.95. The SMILES string of the molecule is O=C(NC1CC1)[C@@H]1C[C@@H]2OCC[C@@H]2N1C(=O)c1cc(OCC(F)F)ccn1. The summed E-state index contributed by atoms with van der Waals surface area (Å²) in [6.45, 7) is -0.215. The van der Waals surface area contributed by atoms with Gasteiger partial charge < -0.3 is 19.7 Å². The van der Waals surface area contributed by atoms with Crippen LogP contribution in [0.3, 0.4) is 0 Å². The molecule has 2 amide bonds. The molecule has 3 atom stereocenters. The van der Waals surface area contributed by atoms with E-state index in [1.807, 2.05) is 0 Å². The highest BCUT2D eigenvalue weighted by atomic mass is 19.3. The Morgan fingerprint density at radius 3 is 2.93 bits per heavy atom. The van der Waals surface area contributed by atoms with E-state index in [2.05, 4.69) is 10.3 Å². The Morgan fingerprint density at radius 1 is 1.37 bits per heavy atom. The van der Waals surface area contributed by atoms with Crippen LogP contribution in [-0.2, 0) is 9.53 Å². The zero-order chi connectivity index (χ0) is 19.0. The number of halogens is 2. The van der Waals surface area contributed by atoms with Gasteiger partial charge in [-0.2, -0.15) is 0 Å². The highest BCUT2D eigenvalue weighted by Crippen LogP contribution is 2.35. The van der Waals surface area contributed by atoms with E-state index in [0.717, 1.165) is 12.8 Å². The molecule has 1 saturated carbocycles. The van der Waals surface area contributed by atoms with Gasteiger partial charge in [-0.1, -0.05) is 0 Å². The zero-order valence-corrected chi connectivity index (χ0v) is 14.6. The normalized spacial score (nSPS) is 26.9. The average Bonchev–Trinajstić information content (AvgIpc) is 3.21. The molecular weight excluding hydrogens is 360 g/mol. The summed E-state index contributed by atoms with van der Waals surface area (Å²) in [5.41, 5.74) is 0.0681. The number of carbonyl (C=O) groups excluding carboxylic acids is 2. The maximum atomic E-state index is 13.1. The Morgan fingerprint density at radius 2 is 2.19 bits per heavy atom. The molecule has 0 bridgehead atoms. The lowest BCUT2D eigenvalue weighted by Crippen LogP contribution is -2.49. The first-order chi connectivity index (χ1) is 13.0. The second-order valence-corrected chi connectivity index (χ2v) is 7.09. The number of hydrogen-bond donors (Lipinski definition) is 1. The molecule has 3 aliphatic rings. The third kappa shape index (κ3) is 3.87. The molecule has 7 nitrogen and oxygen atoms in total. The van der Waals surface area contributed by atoms with Crippen LogP contribution in [-0.4, -0.2) is 65.6 Å². The summed E-state index contributed by atoms with van der Waals surface area (Å²) in [5.74, 6) is -0.438. The van der Waals surface area contributed by atoms with E-state index in [9.17, 15) is 18.4 Å². The van der Waals surface area contributed by atoms with Crippen LogP contribution in [0.2, 0.25) is 0 Å². The third-order valence-corrected chi connectivity index (χ3v) is 5.11. The van der Waals surface area contributed by atoms with Crippen LogP contribution < -0.4 is 10.1 Å². The Hall–Kier alpha value is -2.29. The fraction of sp³-hybridized carbons (Fsp3) is 0.611. The van der Waals surface area contributed by atoms with Crippen LogP contribution in [0.5, 0.6) is 5.75 Å². The van der Waals surface area contributed by atoms with E-state index in [0.29, 0.717) is 19.4 Å². The van der Waals surface area contributed by atoms with Crippen molar-refractivity contribution in [3.8, 4) is 5.75 Å². The third-order valence-electron chi connectivity index (χ3n) is 5.11. The lowest BCUT2D eigenvalue weighted by molar-refractivity contribution is -0.125. The van der Waals surface area contributed by atoms with Crippen molar-refractivity contribution in [1.82, 2.24) is 15.2 Å². The van der Waals surface area contributed by atoms with Crippen molar-refractivity contribution in [2.75, 3.05) is 13.2 Å². The highest BCUT2D eigenvalue weighted by molar-refractivity contribution is 5.97. The molecule has 3 heterocycles. The van der Waals surface area contributed by atoms with Crippen molar-refractivity contribution in [2.24, 2.45) is 0 Å². The van der Waals surface area contributed by atoms with Crippen molar-refractivity contribution in [3.05, 3.63) is 24.0 Å². The Kier molecular flexibility index (Phi) is 4.94. The van der Waals surface area contributed by atoms with E-state index < -0.39 is 25.0 Å². The number of rotatable bonds is 6. The predicted molar refractivity (Wildman–Crippen MR) is 89.6 cm³/mol. The lowest BCUT2D eigenvalue weighted by atomic mass is 10.1. The molecule has 0 spiro atoms. The van der Waals surface area contributed by atoms with Gasteiger partial charge in [0.1, 0.15) is 24.1 Å². The quantitative estimate of drug-likeness (QED) is 0.805. The molecule has 27 heavy (non-hydrogen) atoms. The molecule has 4 rings (SSSR count). The minimum atomic E-state index is -2.61. The maximum absolute atomic E-state index is 13.1. The fourth-order valence-electron chi connectivity index (χ4n) is 3.71. The number of nitrogens with one attached hydrogen (secondary N) is 1. The van der Waals surface area contributed by atoms with Crippen LogP contribution in [0.1, 0.15) is 36.2 Å². The van der Waals surface area contributed by atoms with E-state index in [1.165, 1.54) is 18.3 Å². The standard InChI is InChI=1S/C18H21F2N3O4/c19-16(20)9-27-11-3-5-21-12(7-11)18(25)23-13-4-6-26-15(13)8-14(23)17(24)22-10-1-2-10/h3,5,7,10,13-16H,1-2,4,6,8-9H2,(H,22,24)/t13-,14-,15-/m0/s1. The summed E-state index contributed by atoms with van der Waals surface area (Å²) >= 11 is 0. The molecule has 1 aliphatic carbocycles. The van der Waals surface area contributed by atoms with Gasteiger partial charge in [0.25, 0.3) is 12.3 Å². The number of fused-ring (bicyclic) bond motifs is 1. The van der Waals surface area contributed by atoms with E-state index >= 15 is 0 Å². The Bertz CT molecular complexity index is 728. The van der Waals surface area contributed by atoms with Crippen LogP contribution in [0.25, 0.3) is 0 Å². The van der Waals surface area contributed by atoms with Gasteiger partial charge in [-0.05, 0) is 25.3 Å². The van der Waals surface area contributed by atoms with Gasteiger partial charge in [-0.25, -0.2) is 8.78 Å². The second-order valence-electron chi connectivity index (χ2n) is 7.09. The number of amides is 2. The van der Waals surface area contributed by atoms with Crippen molar-refractivity contribution >= 4 is 11.8 Å². The van der Waals surface area contributed by atoms with Gasteiger partial charge >= 0.3 is 0 Å². The molecule has 146 valence electrons. The number of pyridine rings is 1. The molecule has 9 heteroatoms.